The minimum Gasteiger partial charge on any atom is -0.370 e. The Balaban J connectivity index is 1.49. The zero-order chi connectivity index (χ0) is 17.9. The van der Waals surface area contributed by atoms with E-state index in [2.05, 4.69) is 10.2 Å². The van der Waals surface area contributed by atoms with E-state index in [9.17, 15) is 4.79 Å². The van der Waals surface area contributed by atoms with E-state index in [-0.39, 0.29) is 12.0 Å². The first-order chi connectivity index (χ1) is 12.7. The highest BCUT2D eigenvalue weighted by molar-refractivity contribution is 6.30. The summed E-state index contributed by atoms with van der Waals surface area (Å²) in [6.07, 6.45) is -0.151. The molecular weight excluding hydrogens is 350 g/mol. The number of aromatic nitrogens is 2. The molecule has 1 fully saturated rings. The number of carbonyl (C=O) groups excluding carboxylic acids is 1. The Bertz CT molecular complexity index is 893. The van der Waals surface area contributed by atoms with E-state index in [0.29, 0.717) is 30.4 Å². The summed E-state index contributed by atoms with van der Waals surface area (Å²) in [4.78, 5) is 14.7. The molecule has 1 saturated heterocycles. The maximum Gasteiger partial charge on any atom is 0.272 e. The monoisotopic (exact) mass is 367 g/mol. The second-order valence-electron chi connectivity index (χ2n) is 6.20. The van der Waals surface area contributed by atoms with Crippen LogP contribution >= 0.6 is 11.6 Å². The van der Waals surface area contributed by atoms with Crippen molar-refractivity contribution in [1.29, 1.82) is 0 Å². The quantitative estimate of drug-likeness (QED) is 0.762. The number of nitrogens with one attached hydrogen (secondary N) is 1. The number of nitrogens with zero attached hydrogens (tertiary/aromatic N) is 2. The van der Waals surface area contributed by atoms with Gasteiger partial charge >= 0.3 is 0 Å². The number of benzene rings is 2. The Morgan fingerprint density at radius 3 is 2.69 bits per heavy atom. The second-order valence-corrected chi connectivity index (χ2v) is 6.63. The summed E-state index contributed by atoms with van der Waals surface area (Å²) in [5.74, 6) is -0.0676. The summed E-state index contributed by atoms with van der Waals surface area (Å²) in [7, 11) is 0. The van der Waals surface area contributed by atoms with Gasteiger partial charge in [0.25, 0.3) is 5.91 Å². The summed E-state index contributed by atoms with van der Waals surface area (Å²) in [5, 5.41) is 7.82. The Morgan fingerprint density at radius 1 is 1.15 bits per heavy atom. The summed E-state index contributed by atoms with van der Waals surface area (Å²) in [5.41, 5.74) is 3.24. The molecule has 0 unspecified atom stereocenters. The number of rotatable bonds is 3. The maximum absolute atomic E-state index is 12.9. The van der Waals surface area contributed by atoms with Crippen LogP contribution in [-0.4, -0.2) is 40.7 Å². The van der Waals surface area contributed by atoms with Crippen LogP contribution in [0.15, 0.2) is 60.7 Å². The molecule has 1 atom stereocenters. The van der Waals surface area contributed by atoms with Crippen LogP contribution in [0.2, 0.25) is 5.02 Å². The molecule has 1 aliphatic rings. The lowest BCUT2D eigenvalue weighted by Crippen LogP contribution is -2.42. The molecule has 0 saturated carbocycles. The minimum absolute atomic E-state index is 0.0676. The molecule has 1 N–H and O–H groups in total. The number of hydrogen-bond donors (Lipinski definition) is 1. The van der Waals surface area contributed by atoms with Gasteiger partial charge in [-0.3, -0.25) is 9.89 Å². The molecule has 26 heavy (non-hydrogen) atoms. The molecule has 6 heteroatoms. The highest BCUT2D eigenvalue weighted by Gasteiger charge is 2.27. The first-order valence-corrected chi connectivity index (χ1v) is 8.86. The van der Waals surface area contributed by atoms with Crippen molar-refractivity contribution in [3.05, 3.63) is 76.9 Å². The molecule has 0 bridgehead atoms. The summed E-state index contributed by atoms with van der Waals surface area (Å²) in [6.45, 7) is 1.56. The van der Waals surface area contributed by atoms with Crippen molar-refractivity contribution >= 4 is 17.5 Å². The smallest absolute Gasteiger partial charge is 0.272 e. The number of halogens is 1. The van der Waals surface area contributed by atoms with E-state index in [1.165, 1.54) is 0 Å². The molecule has 3 aromatic rings. The van der Waals surface area contributed by atoms with Gasteiger partial charge in [-0.05, 0) is 23.8 Å². The second kappa shape index (κ2) is 7.32. The largest absolute Gasteiger partial charge is 0.370 e. The van der Waals surface area contributed by atoms with Crippen LogP contribution in [0.25, 0.3) is 11.3 Å². The number of H-pyrrole nitrogens is 1. The van der Waals surface area contributed by atoms with E-state index < -0.39 is 0 Å². The average molecular weight is 368 g/mol. The predicted molar refractivity (Wildman–Crippen MR) is 100 cm³/mol. The zero-order valence-electron chi connectivity index (χ0n) is 14.1. The van der Waals surface area contributed by atoms with Gasteiger partial charge in [0.05, 0.1) is 18.8 Å². The molecule has 1 aromatic heterocycles. The number of carbonyl (C=O) groups is 1. The number of aromatic amines is 1. The standard InChI is InChI=1S/C20H18ClN3O2/c21-16-8-6-15(7-9-16)19-13-24(10-11-26-19)20(25)18-12-17(22-23-18)14-4-2-1-3-5-14/h1-9,12,19H,10-11,13H2,(H,22,23)/t19-/m1/s1. The van der Waals surface area contributed by atoms with E-state index in [1.807, 2.05) is 54.6 Å². The molecule has 0 aliphatic carbocycles. The van der Waals surface area contributed by atoms with Gasteiger partial charge in [-0.25, -0.2) is 0 Å². The van der Waals surface area contributed by atoms with Gasteiger partial charge in [-0.2, -0.15) is 5.10 Å². The van der Waals surface area contributed by atoms with Gasteiger partial charge in [-0.1, -0.05) is 54.1 Å². The Hall–Kier alpha value is -2.63. The molecule has 5 nitrogen and oxygen atoms in total. The summed E-state index contributed by atoms with van der Waals surface area (Å²) < 4.78 is 5.83. The van der Waals surface area contributed by atoms with Crippen molar-refractivity contribution in [2.75, 3.05) is 19.7 Å². The number of hydrogen-bond acceptors (Lipinski definition) is 3. The zero-order valence-corrected chi connectivity index (χ0v) is 14.8. The Labute approximate surface area is 156 Å². The fourth-order valence-electron chi connectivity index (χ4n) is 3.07. The van der Waals surface area contributed by atoms with Crippen molar-refractivity contribution in [3.8, 4) is 11.3 Å². The van der Waals surface area contributed by atoms with Crippen molar-refractivity contribution < 1.29 is 9.53 Å². The summed E-state index contributed by atoms with van der Waals surface area (Å²) >= 11 is 5.95. The van der Waals surface area contributed by atoms with Crippen LogP contribution in [0.3, 0.4) is 0 Å². The van der Waals surface area contributed by atoms with Crippen molar-refractivity contribution in [2.45, 2.75) is 6.10 Å². The Morgan fingerprint density at radius 2 is 1.92 bits per heavy atom. The molecule has 0 radical (unpaired) electrons. The van der Waals surface area contributed by atoms with Crippen molar-refractivity contribution in [3.63, 3.8) is 0 Å². The topological polar surface area (TPSA) is 58.2 Å². The Kier molecular flexibility index (Phi) is 4.73. The van der Waals surface area contributed by atoms with Crippen molar-refractivity contribution in [2.24, 2.45) is 0 Å². The first kappa shape index (κ1) is 16.8. The highest BCUT2D eigenvalue weighted by Crippen LogP contribution is 2.25. The van der Waals surface area contributed by atoms with Crippen LogP contribution in [0.4, 0.5) is 0 Å². The van der Waals surface area contributed by atoms with Crippen LogP contribution in [0, 0.1) is 0 Å². The molecule has 1 aliphatic heterocycles. The lowest BCUT2D eigenvalue weighted by molar-refractivity contribution is -0.0230. The molecule has 2 aromatic carbocycles. The predicted octanol–water partition coefficient (Wildman–Crippen LogP) is 3.94. The molecule has 2 heterocycles. The number of amides is 1. The SMILES string of the molecule is O=C(c1cc(-c2ccccc2)n[nH]1)N1CCO[C@@H](c2ccc(Cl)cc2)C1. The lowest BCUT2D eigenvalue weighted by Gasteiger charge is -2.33. The molecular formula is C20H18ClN3O2. The lowest BCUT2D eigenvalue weighted by atomic mass is 10.1. The first-order valence-electron chi connectivity index (χ1n) is 8.48. The fourth-order valence-corrected chi connectivity index (χ4v) is 3.20. The number of morpholine rings is 1. The van der Waals surface area contributed by atoms with Crippen molar-refractivity contribution in [1.82, 2.24) is 15.1 Å². The van der Waals surface area contributed by atoms with Crippen LogP contribution < -0.4 is 0 Å². The van der Waals surface area contributed by atoms with E-state index in [4.69, 9.17) is 16.3 Å². The maximum atomic E-state index is 12.9. The van der Waals surface area contributed by atoms with Gasteiger partial charge in [0, 0.05) is 17.1 Å². The fraction of sp³-hybridized carbons (Fsp3) is 0.200. The molecule has 4 rings (SSSR count). The minimum atomic E-state index is -0.151. The van der Waals surface area contributed by atoms with E-state index in [0.717, 1.165) is 16.8 Å². The third-order valence-corrected chi connectivity index (χ3v) is 4.73. The third-order valence-electron chi connectivity index (χ3n) is 4.47. The van der Waals surface area contributed by atoms with Crippen LogP contribution in [0.5, 0.6) is 0 Å². The number of ether oxygens (including phenoxy) is 1. The third kappa shape index (κ3) is 3.49. The van der Waals surface area contributed by atoms with Gasteiger partial charge in [0.15, 0.2) is 0 Å². The molecule has 132 valence electrons. The average Bonchev–Trinajstić information content (AvgIpc) is 3.19. The normalized spacial score (nSPS) is 17.3. The van der Waals surface area contributed by atoms with E-state index >= 15 is 0 Å². The highest BCUT2D eigenvalue weighted by atomic mass is 35.5. The van der Waals surface area contributed by atoms with Crippen LogP contribution in [0.1, 0.15) is 22.2 Å². The molecule has 1 amide bonds. The summed E-state index contributed by atoms with van der Waals surface area (Å²) in [6, 6.07) is 19.1. The van der Waals surface area contributed by atoms with E-state index in [1.54, 1.807) is 11.0 Å². The van der Waals surface area contributed by atoms with Crippen LogP contribution in [-0.2, 0) is 4.74 Å². The molecule has 0 spiro atoms. The van der Waals surface area contributed by atoms with Gasteiger partial charge in [0.2, 0.25) is 0 Å². The van der Waals surface area contributed by atoms with Gasteiger partial charge < -0.3 is 9.64 Å². The van der Waals surface area contributed by atoms with Gasteiger partial charge in [0.1, 0.15) is 11.8 Å². The van der Waals surface area contributed by atoms with Gasteiger partial charge in [-0.15, -0.1) is 0 Å².